The van der Waals surface area contributed by atoms with Gasteiger partial charge in [-0.05, 0) is 0 Å². The van der Waals surface area contributed by atoms with Crippen LogP contribution in [0.5, 0.6) is 0 Å². The van der Waals surface area contributed by atoms with Gasteiger partial charge in [0.2, 0.25) is 12.2 Å². The maximum atomic E-state index is 12.1. The topological polar surface area (TPSA) is 108 Å². The average molecular weight is 364 g/mol. The van der Waals surface area contributed by atoms with Crippen LogP contribution >= 0.6 is 11.6 Å². The SMILES string of the molecule is CC(=O)O[C@H]1O[C@@H]2CN(C(=O)CCl)[C@@H]([C@@H]1OC(C)=O)[C@@H]2OC(C)=O. The molecule has 1 amide bonds. The smallest absolute Gasteiger partial charge is 0.305 e. The normalized spacial score (nSPS) is 31.3. The molecule has 5 atom stereocenters. The molecule has 134 valence electrons. The van der Waals surface area contributed by atoms with Gasteiger partial charge in [-0.15, -0.1) is 11.6 Å². The molecule has 0 unspecified atom stereocenters. The van der Waals surface area contributed by atoms with E-state index >= 15 is 0 Å². The maximum Gasteiger partial charge on any atom is 0.305 e. The number of carbonyl (C=O) groups is 4. The minimum absolute atomic E-state index is 0.0731. The van der Waals surface area contributed by atoms with Crippen molar-refractivity contribution in [2.24, 2.45) is 0 Å². The Bertz CT molecular complexity index is 553. The number of rotatable bonds is 4. The van der Waals surface area contributed by atoms with Gasteiger partial charge in [0.1, 0.15) is 18.0 Å². The Morgan fingerprint density at radius 1 is 1.00 bits per heavy atom. The summed E-state index contributed by atoms with van der Waals surface area (Å²) in [6.45, 7) is 3.63. The third kappa shape index (κ3) is 3.78. The highest BCUT2D eigenvalue weighted by molar-refractivity contribution is 6.27. The molecular formula is C14H18ClNO8. The number of esters is 3. The third-order valence-corrected chi connectivity index (χ3v) is 3.90. The summed E-state index contributed by atoms with van der Waals surface area (Å²) in [5.41, 5.74) is 0. The molecule has 9 nitrogen and oxygen atoms in total. The van der Waals surface area contributed by atoms with Gasteiger partial charge in [0.05, 0.1) is 6.54 Å². The second-order valence-corrected chi connectivity index (χ2v) is 5.74. The van der Waals surface area contributed by atoms with Gasteiger partial charge in [0.15, 0.2) is 12.2 Å². The lowest BCUT2D eigenvalue weighted by atomic mass is 10.00. The Labute approximate surface area is 143 Å². The van der Waals surface area contributed by atoms with E-state index in [2.05, 4.69) is 0 Å². The summed E-state index contributed by atoms with van der Waals surface area (Å²) in [5, 5.41) is 0. The maximum absolute atomic E-state index is 12.1. The molecule has 2 rings (SSSR count). The van der Waals surface area contributed by atoms with Crippen LogP contribution in [-0.4, -0.2) is 71.8 Å². The standard InChI is InChI=1S/C14H18ClNO8/c1-6(17)21-12-9-5-16(10(20)4-15)11(12)13(22-7(2)18)14(24-9)23-8(3)19/h9,11-14H,4-5H2,1-3H3/t9-,11-,12-,13+,14+/m1/s1. The highest BCUT2D eigenvalue weighted by Gasteiger charge is 2.59. The van der Waals surface area contributed by atoms with Crippen LogP contribution in [-0.2, 0) is 38.1 Å². The minimum atomic E-state index is -1.21. The van der Waals surface area contributed by atoms with E-state index in [1.807, 2.05) is 0 Å². The van der Waals surface area contributed by atoms with Gasteiger partial charge < -0.3 is 23.8 Å². The first-order chi connectivity index (χ1) is 11.2. The molecule has 0 aromatic heterocycles. The van der Waals surface area contributed by atoms with Crippen molar-refractivity contribution in [1.29, 1.82) is 0 Å². The van der Waals surface area contributed by atoms with Crippen molar-refractivity contribution in [2.75, 3.05) is 12.4 Å². The van der Waals surface area contributed by atoms with Crippen molar-refractivity contribution < 1.29 is 38.1 Å². The Morgan fingerprint density at radius 2 is 1.54 bits per heavy atom. The molecule has 0 spiro atoms. The number of likely N-dealkylation sites (tertiary alicyclic amines) is 1. The zero-order chi connectivity index (χ0) is 18.0. The van der Waals surface area contributed by atoms with Crippen LogP contribution in [0.4, 0.5) is 0 Å². The zero-order valence-electron chi connectivity index (χ0n) is 13.4. The lowest BCUT2D eigenvalue weighted by Crippen LogP contribution is -2.60. The number of fused-ring (bicyclic) bond motifs is 2. The summed E-state index contributed by atoms with van der Waals surface area (Å²) < 4.78 is 21.1. The fraction of sp³-hybridized carbons (Fsp3) is 0.714. The summed E-state index contributed by atoms with van der Waals surface area (Å²) in [7, 11) is 0. The van der Waals surface area contributed by atoms with Gasteiger partial charge in [-0.3, -0.25) is 19.2 Å². The van der Waals surface area contributed by atoms with E-state index in [0.29, 0.717) is 0 Å². The van der Waals surface area contributed by atoms with Crippen LogP contribution in [0.2, 0.25) is 0 Å². The van der Waals surface area contributed by atoms with Crippen LogP contribution in [0.1, 0.15) is 20.8 Å². The molecule has 0 aromatic rings. The number of halogens is 1. The molecule has 2 aliphatic rings. The first-order valence-electron chi connectivity index (χ1n) is 7.27. The van der Waals surface area contributed by atoms with Crippen LogP contribution in [0.3, 0.4) is 0 Å². The van der Waals surface area contributed by atoms with Crippen molar-refractivity contribution in [2.45, 2.75) is 51.4 Å². The average Bonchev–Trinajstić information content (AvgIpc) is 2.71. The number of ether oxygens (including phenoxy) is 4. The Kier molecular flexibility index (Phi) is 5.66. The molecule has 2 saturated heterocycles. The van der Waals surface area contributed by atoms with Crippen LogP contribution in [0, 0.1) is 0 Å². The van der Waals surface area contributed by atoms with E-state index < -0.39 is 54.5 Å². The van der Waals surface area contributed by atoms with Crippen molar-refractivity contribution in [3.05, 3.63) is 0 Å². The highest BCUT2D eigenvalue weighted by atomic mass is 35.5. The molecule has 0 aromatic carbocycles. The second kappa shape index (κ2) is 7.35. The fourth-order valence-electron chi connectivity index (χ4n) is 2.97. The molecule has 2 heterocycles. The van der Waals surface area contributed by atoms with Crippen molar-refractivity contribution in [3.8, 4) is 0 Å². The van der Waals surface area contributed by atoms with Gasteiger partial charge in [-0.2, -0.15) is 0 Å². The van der Waals surface area contributed by atoms with Gasteiger partial charge in [0, 0.05) is 20.8 Å². The predicted molar refractivity (Wildman–Crippen MR) is 77.8 cm³/mol. The third-order valence-electron chi connectivity index (χ3n) is 3.67. The van der Waals surface area contributed by atoms with Gasteiger partial charge >= 0.3 is 17.9 Å². The van der Waals surface area contributed by atoms with Crippen LogP contribution in [0.25, 0.3) is 0 Å². The van der Waals surface area contributed by atoms with E-state index in [9.17, 15) is 19.2 Å². The van der Waals surface area contributed by atoms with Gasteiger partial charge in [-0.1, -0.05) is 0 Å². The van der Waals surface area contributed by atoms with E-state index in [0.717, 1.165) is 0 Å². The molecule has 2 fully saturated rings. The summed E-state index contributed by atoms with van der Waals surface area (Å²) in [5.74, 6) is -2.62. The number of nitrogens with zero attached hydrogens (tertiary/aromatic N) is 1. The van der Waals surface area contributed by atoms with E-state index in [1.165, 1.54) is 25.7 Å². The fourth-order valence-corrected chi connectivity index (χ4v) is 3.12. The number of hydrogen-bond donors (Lipinski definition) is 0. The summed E-state index contributed by atoms with van der Waals surface area (Å²) in [6, 6.07) is -0.854. The number of hydrogen-bond acceptors (Lipinski definition) is 8. The van der Waals surface area contributed by atoms with Crippen LogP contribution < -0.4 is 0 Å². The number of carbonyl (C=O) groups excluding carboxylic acids is 4. The first kappa shape index (κ1) is 18.5. The van der Waals surface area contributed by atoms with E-state index in [4.69, 9.17) is 30.5 Å². The summed E-state index contributed by atoms with van der Waals surface area (Å²) >= 11 is 5.62. The predicted octanol–water partition coefficient (Wildman–Crippen LogP) is -0.413. The summed E-state index contributed by atoms with van der Waals surface area (Å²) in [4.78, 5) is 47.5. The van der Waals surface area contributed by atoms with Crippen molar-refractivity contribution in [3.63, 3.8) is 0 Å². The molecule has 0 radical (unpaired) electrons. The first-order valence-corrected chi connectivity index (χ1v) is 7.80. The number of amides is 1. The second-order valence-electron chi connectivity index (χ2n) is 5.47. The molecule has 10 heteroatoms. The zero-order valence-corrected chi connectivity index (χ0v) is 14.1. The molecular weight excluding hydrogens is 346 g/mol. The molecule has 2 aliphatic heterocycles. The van der Waals surface area contributed by atoms with Gasteiger partial charge in [0.25, 0.3) is 0 Å². The molecule has 0 saturated carbocycles. The minimum Gasteiger partial charge on any atom is -0.457 e. The monoisotopic (exact) mass is 363 g/mol. The van der Waals surface area contributed by atoms with Crippen molar-refractivity contribution in [1.82, 2.24) is 4.90 Å². The van der Waals surface area contributed by atoms with Gasteiger partial charge in [-0.25, -0.2) is 0 Å². The molecule has 2 bridgehead atoms. The quantitative estimate of drug-likeness (QED) is 0.376. The van der Waals surface area contributed by atoms with Crippen LogP contribution in [0.15, 0.2) is 0 Å². The Hall–Kier alpha value is -1.87. The largest absolute Gasteiger partial charge is 0.457 e. The Morgan fingerprint density at radius 3 is 2.04 bits per heavy atom. The molecule has 24 heavy (non-hydrogen) atoms. The Balaban J connectivity index is 2.37. The highest BCUT2D eigenvalue weighted by Crippen LogP contribution is 2.36. The molecule has 0 N–H and O–H groups in total. The van der Waals surface area contributed by atoms with E-state index in [-0.39, 0.29) is 12.4 Å². The molecule has 0 aliphatic carbocycles. The van der Waals surface area contributed by atoms with Crippen molar-refractivity contribution >= 4 is 35.4 Å². The number of alkyl halides is 1. The summed E-state index contributed by atoms with van der Waals surface area (Å²) in [6.07, 6.45) is -3.92. The lowest BCUT2D eigenvalue weighted by Gasteiger charge is -2.40. The van der Waals surface area contributed by atoms with E-state index in [1.54, 1.807) is 0 Å². The lowest BCUT2D eigenvalue weighted by molar-refractivity contribution is -0.259.